The zero-order chi connectivity index (χ0) is 20.5. The molecule has 28 heavy (non-hydrogen) atoms. The Labute approximate surface area is 164 Å². The van der Waals surface area contributed by atoms with Crippen LogP contribution in [0.2, 0.25) is 5.02 Å². The van der Waals surface area contributed by atoms with E-state index in [1.807, 2.05) is 32.0 Å². The number of nitrogen functional groups attached to an aromatic ring is 1. The van der Waals surface area contributed by atoms with Crippen molar-refractivity contribution in [1.82, 2.24) is 9.97 Å². The van der Waals surface area contributed by atoms with Gasteiger partial charge in [-0.25, -0.2) is 9.97 Å². The minimum absolute atomic E-state index is 0.0411. The Bertz CT molecular complexity index is 1020. The van der Waals surface area contributed by atoms with Crippen molar-refractivity contribution in [3.8, 4) is 0 Å². The second kappa shape index (κ2) is 7.55. The van der Waals surface area contributed by atoms with Crippen molar-refractivity contribution in [3.05, 3.63) is 64.4 Å². The van der Waals surface area contributed by atoms with Crippen LogP contribution in [0, 0.1) is 13.8 Å². The quantitative estimate of drug-likeness (QED) is 0.507. The molecule has 0 spiro atoms. The summed E-state index contributed by atoms with van der Waals surface area (Å²) in [6.07, 6.45) is -3.24. The van der Waals surface area contributed by atoms with Crippen molar-refractivity contribution in [2.75, 3.05) is 16.4 Å². The van der Waals surface area contributed by atoms with Gasteiger partial charge in [0.2, 0.25) is 0 Å². The first-order valence-corrected chi connectivity index (χ1v) is 8.61. The summed E-state index contributed by atoms with van der Waals surface area (Å²) in [7, 11) is 0. The molecule has 1 heterocycles. The average Bonchev–Trinajstić information content (AvgIpc) is 2.61. The first kappa shape index (κ1) is 19.8. The number of anilines is 5. The maximum atomic E-state index is 13.0. The highest BCUT2D eigenvalue weighted by Crippen LogP contribution is 2.36. The highest BCUT2D eigenvalue weighted by atomic mass is 35.5. The predicted octanol–water partition coefficient (Wildman–Crippen LogP) is 5.84. The van der Waals surface area contributed by atoms with Crippen molar-refractivity contribution in [2.24, 2.45) is 0 Å². The molecule has 0 aliphatic rings. The summed E-state index contributed by atoms with van der Waals surface area (Å²) in [5.41, 5.74) is 8.38. The number of alkyl halides is 3. The molecular weight excluding hydrogens is 391 g/mol. The van der Waals surface area contributed by atoms with E-state index >= 15 is 0 Å². The fourth-order valence-electron chi connectivity index (χ4n) is 2.60. The molecule has 0 aliphatic heterocycles. The summed E-state index contributed by atoms with van der Waals surface area (Å²) in [6, 6.07) is 8.81. The Morgan fingerprint density at radius 1 is 0.929 bits per heavy atom. The summed E-state index contributed by atoms with van der Waals surface area (Å²) < 4.78 is 38.9. The summed E-state index contributed by atoms with van der Waals surface area (Å²) >= 11 is 6.02. The zero-order valence-corrected chi connectivity index (χ0v) is 15.8. The molecule has 3 rings (SSSR count). The molecule has 5 nitrogen and oxygen atoms in total. The molecule has 0 aliphatic carbocycles. The number of hydrogen-bond donors (Lipinski definition) is 3. The topological polar surface area (TPSA) is 75.9 Å². The molecule has 146 valence electrons. The van der Waals surface area contributed by atoms with Crippen molar-refractivity contribution < 1.29 is 13.2 Å². The van der Waals surface area contributed by atoms with Gasteiger partial charge in [-0.1, -0.05) is 29.3 Å². The van der Waals surface area contributed by atoms with E-state index < -0.39 is 11.7 Å². The number of benzene rings is 2. The van der Waals surface area contributed by atoms with Crippen LogP contribution in [0.1, 0.15) is 16.7 Å². The van der Waals surface area contributed by atoms with Crippen LogP contribution in [0.25, 0.3) is 0 Å². The number of aromatic nitrogens is 2. The van der Waals surface area contributed by atoms with E-state index in [-0.39, 0.29) is 22.2 Å². The van der Waals surface area contributed by atoms with Crippen LogP contribution in [0.15, 0.2) is 42.7 Å². The van der Waals surface area contributed by atoms with Crippen molar-refractivity contribution in [2.45, 2.75) is 20.0 Å². The number of nitrogens with two attached hydrogens (primary N) is 1. The van der Waals surface area contributed by atoms with Gasteiger partial charge in [-0.05, 0) is 43.7 Å². The molecule has 0 atom stereocenters. The van der Waals surface area contributed by atoms with Crippen LogP contribution < -0.4 is 16.4 Å². The first-order valence-electron chi connectivity index (χ1n) is 8.23. The molecule has 0 saturated heterocycles. The van der Waals surface area contributed by atoms with E-state index in [2.05, 4.69) is 20.6 Å². The Balaban J connectivity index is 1.92. The molecule has 4 N–H and O–H groups in total. The maximum absolute atomic E-state index is 13.0. The van der Waals surface area contributed by atoms with Gasteiger partial charge in [-0.3, -0.25) is 0 Å². The maximum Gasteiger partial charge on any atom is 0.416 e. The molecule has 0 radical (unpaired) electrons. The average molecular weight is 408 g/mol. The standard InChI is InChI=1S/C19H17ClF3N5/c1-10-3-6-14(11(2)7-10)27-17-16(24)18(26-9-25-17)28-15-8-12(19(21,22)23)4-5-13(15)20/h3-9H,24H2,1-2H3,(H2,25,26,27,28). The Kier molecular flexibility index (Phi) is 5.33. The smallest absolute Gasteiger partial charge is 0.393 e. The van der Waals surface area contributed by atoms with Crippen molar-refractivity contribution >= 4 is 40.3 Å². The second-order valence-corrected chi connectivity index (χ2v) is 6.65. The zero-order valence-electron chi connectivity index (χ0n) is 15.0. The number of rotatable bonds is 4. The summed E-state index contributed by atoms with van der Waals surface area (Å²) in [6.45, 7) is 3.92. The lowest BCUT2D eigenvalue weighted by Crippen LogP contribution is -2.08. The molecular formula is C19H17ClF3N5. The van der Waals surface area contributed by atoms with E-state index in [1.54, 1.807) is 0 Å². The van der Waals surface area contributed by atoms with Gasteiger partial charge in [0.05, 0.1) is 16.3 Å². The molecule has 0 amide bonds. The number of halogens is 4. The third-order valence-electron chi connectivity index (χ3n) is 4.07. The van der Waals surface area contributed by atoms with Gasteiger partial charge < -0.3 is 16.4 Å². The van der Waals surface area contributed by atoms with Gasteiger partial charge in [0.1, 0.15) is 12.0 Å². The summed E-state index contributed by atoms with van der Waals surface area (Å²) in [5.74, 6) is 0.469. The van der Waals surface area contributed by atoms with Gasteiger partial charge in [-0.2, -0.15) is 13.2 Å². The number of nitrogens with one attached hydrogen (secondary N) is 2. The lowest BCUT2D eigenvalue weighted by Gasteiger charge is -2.15. The molecule has 1 aromatic heterocycles. The van der Waals surface area contributed by atoms with Gasteiger partial charge in [0, 0.05) is 5.69 Å². The number of aryl methyl sites for hydroxylation is 2. The van der Waals surface area contributed by atoms with Crippen LogP contribution in [-0.4, -0.2) is 9.97 Å². The minimum Gasteiger partial charge on any atom is -0.393 e. The lowest BCUT2D eigenvalue weighted by molar-refractivity contribution is -0.137. The van der Waals surface area contributed by atoms with Crippen LogP contribution >= 0.6 is 11.6 Å². The fourth-order valence-corrected chi connectivity index (χ4v) is 2.77. The third-order valence-corrected chi connectivity index (χ3v) is 4.40. The summed E-state index contributed by atoms with van der Waals surface area (Å²) in [5, 5.41) is 5.98. The van der Waals surface area contributed by atoms with E-state index in [0.717, 1.165) is 28.9 Å². The minimum atomic E-state index is -4.49. The third kappa shape index (κ3) is 4.28. The van der Waals surface area contributed by atoms with E-state index in [4.69, 9.17) is 17.3 Å². The van der Waals surface area contributed by atoms with Crippen LogP contribution in [0.4, 0.5) is 41.9 Å². The van der Waals surface area contributed by atoms with Gasteiger partial charge in [0.25, 0.3) is 0 Å². The monoisotopic (exact) mass is 407 g/mol. The Hall–Kier alpha value is -3.00. The molecule has 0 saturated carbocycles. The Morgan fingerprint density at radius 2 is 1.57 bits per heavy atom. The van der Waals surface area contributed by atoms with Crippen LogP contribution in [0.3, 0.4) is 0 Å². The number of nitrogens with zero attached hydrogens (tertiary/aromatic N) is 2. The summed E-state index contributed by atoms with van der Waals surface area (Å²) in [4.78, 5) is 8.14. The van der Waals surface area contributed by atoms with Gasteiger partial charge >= 0.3 is 6.18 Å². The molecule has 3 aromatic rings. The SMILES string of the molecule is Cc1ccc(Nc2ncnc(Nc3cc(C(F)(F)F)ccc3Cl)c2N)c(C)c1. The Morgan fingerprint density at radius 3 is 2.18 bits per heavy atom. The predicted molar refractivity (Wildman–Crippen MR) is 105 cm³/mol. The largest absolute Gasteiger partial charge is 0.416 e. The highest BCUT2D eigenvalue weighted by Gasteiger charge is 2.31. The molecule has 0 fully saturated rings. The normalized spacial score (nSPS) is 11.4. The first-order chi connectivity index (χ1) is 13.1. The van der Waals surface area contributed by atoms with Crippen molar-refractivity contribution in [1.29, 1.82) is 0 Å². The number of hydrogen-bond acceptors (Lipinski definition) is 5. The molecule has 0 unspecified atom stereocenters. The fraction of sp³-hybridized carbons (Fsp3) is 0.158. The van der Waals surface area contributed by atoms with Crippen LogP contribution in [0.5, 0.6) is 0 Å². The van der Waals surface area contributed by atoms with E-state index in [1.165, 1.54) is 12.4 Å². The van der Waals surface area contributed by atoms with Crippen molar-refractivity contribution in [3.63, 3.8) is 0 Å². The highest BCUT2D eigenvalue weighted by molar-refractivity contribution is 6.33. The molecule has 0 bridgehead atoms. The van der Waals surface area contributed by atoms with Gasteiger partial charge in [-0.15, -0.1) is 0 Å². The van der Waals surface area contributed by atoms with E-state index in [9.17, 15) is 13.2 Å². The van der Waals surface area contributed by atoms with Crippen LogP contribution in [-0.2, 0) is 6.18 Å². The van der Waals surface area contributed by atoms with Gasteiger partial charge in [0.15, 0.2) is 11.6 Å². The molecule has 9 heteroatoms. The second-order valence-electron chi connectivity index (χ2n) is 6.25. The van der Waals surface area contributed by atoms with E-state index in [0.29, 0.717) is 5.82 Å². The molecule has 2 aromatic carbocycles. The lowest BCUT2D eigenvalue weighted by atomic mass is 10.1.